The third kappa shape index (κ3) is 3.82. The molecular weight excluding hydrogens is 393 g/mol. The Hall–Kier alpha value is -3.16. The lowest BCUT2D eigenvalue weighted by Crippen LogP contribution is -2.40. The Bertz CT molecular complexity index is 1110. The summed E-state index contributed by atoms with van der Waals surface area (Å²) in [7, 11) is 1.55. The van der Waals surface area contributed by atoms with Gasteiger partial charge in [0.1, 0.15) is 11.6 Å². The number of ether oxygens (including phenoxy) is 1. The maximum absolute atomic E-state index is 14.4. The molecule has 2 aliphatic heterocycles. The Kier molecular flexibility index (Phi) is 5.21. The van der Waals surface area contributed by atoms with E-state index < -0.39 is 0 Å². The van der Waals surface area contributed by atoms with Crippen LogP contribution in [0, 0.1) is 5.82 Å². The number of anilines is 2. The van der Waals surface area contributed by atoms with E-state index >= 15 is 0 Å². The molecule has 2 aliphatic rings. The van der Waals surface area contributed by atoms with Crippen molar-refractivity contribution in [1.82, 2.24) is 10.4 Å². The molecule has 3 heterocycles. The van der Waals surface area contributed by atoms with Gasteiger partial charge >= 0.3 is 0 Å². The number of piperidine rings is 1. The maximum Gasteiger partial charge on any atom is 0.127 e. The first-order valence-corrected chi connectivity index (χ1v) is 10.6. The second-order valence-corrected chi connectivity index (χ2v) is 8.14. The van der Waals surface area contributed by atoms with Gasteiger partial charge in [-0.05, 0) is 47.7 Å². The molecule has 6 nitrogen and oxygen atoms in total. The molecule has 0 aliphatic carbocycles. The second-order valence-electron chi connectivity index (χ2n) is 8.14. The summed E-state index contributed by atoms with van der Waals surface area (Å²) in [6, 6.07) is 11.4. The quantitative estimate of drug-likeness (QED) is 0.595. The van der Waals surface area contributed by atoms with Gasteiger partial charge in [-0.15, -0.1) is 0 Å². The maximum atomic E-state index is 14.4. The molecule has 2 aromatic carbocycles. The van der Waals surface area contributed by atoms with Gasteiger partial charge in [-0.3, -0.25) is 4.98 Å². The predicted octanol–water partition coefficient (Wildman–Crippen LogP) is 3.92. The van der Waals surface area contributed by atoms with Gasteiger partial charge in [0, 0.05) is 55.3 Å². The third-order valence-corrected chi connectivity index (χ3v) is 6.11. The number of rotatable bonds is 4. The van der Waals surface area contributed by atoms with E-state index in [2.05, 4.69) is 38.9 Å². The Labute approximate surface area is 181 Å². The minimum atomic E-state index is -0.334. The van der Waals surface area contributed by atoms with Crippen molar-refractivity contribution in [3.05, 3.63) is 60.2 Å². The molecule has 0 radical (unpaired) electrons. The zero-order valence-corrected chi connectivity index (χ0v) is 17.5. The van der Waals surface area contributed by atoms with Crippen LogP contribution < -0.4 is 26.2 Å². The molecule has 1 aromatic heterocycles. The van der Waals surface area contributed by atoms with E-state index in [1.165, 1.54) is 17.7 Å². The molecule has 31 heavy (non-hydrogen) atoms. The number of nitrogens with two attached hydrogens (primary N) is 1. The number of hydrogen-bond donors (Lipinski definition) is 3. The van der Waals surface area contributed by atoms with Crippen molar-refractivity contribution in [1.29, 1.82) is 0 Å². The van der Waals surface area contributed by atoms with Crippen LogP contribution in [0.2, 0.25) is 0 Å². The standard InChI is InChI=1S/C24H26FN5O/c1-31-20-9-17(8-18(25)11-20)22-14-27-13-21(24(22)30-6-4-19(26)5-7-30)15-2-3-16-12-28-29-23(16)10-15/h2-3,8-11,13-14,19,28-29H,4-7,12,26H2,1H3. The summed E-state index contributed by atoms with van der Waals surface area (Å²) in [4.78, 5) is 6.89. The fourth-order valence-electron chi connectivity index (χ4n) is 4.43. The lowest BCUT2D eigenvalue weighted by molar-refractivity contribution is 0.411. The highest BCUT2D eigenvalue weighted by molar-refractivity contribution is 5.91. The number of pyridine rings is 1. The number of benzene rings is 2. The topological polar surface area (TPSA) is 75.4 Å². The van der Waals surface area contributed by atoms with Gasteiger partial charge < -0.3 is 20.8 Å². The number of nitrogens with zero attached hydrogens (tertiary/aromatic N) is 2. The number of fused-ring (bicyclic) bond motifs is 1. The molecule has 7 heteroatoms. The average Bonchev–Trinajstić information content (AvgIpc) is 3.26. The molecule has 0 atom stereocenters. The molecule has 1 fully saturated rings. The summed E-state index contributed by atoms with van der Waals surface area (Å²) in [5.41, 5.74) is 19.6. The molecule has 4 N–H and O–H groups in total. The highest BCUT2D eigenvalue weighted by Gasteiger charge is 2.24. The van der Waals surface area contributed by atoms with Gasteiger partial charge in [0.15, 0.2) is 0 Å². The number of aromatic nitrogens is 1. The van der Waals surface area contributed by atoms with Crippen LogP contribution >= 0.6 is 0 Å². The number of hydrogen-bond acceptors (Lipinski definition) is 6. The molecule has 1 saturated heterocycles. The lowest BCUT2D eigenvalue weighted by Gasteiger charge is -2.35. The molecule has 0 saturated carbocycles. The summed E-state index contributed by atoms with van der Waals surface area (Å²) in [6.45, 7) is 2.50. The van der Waals surface area contributed by atoms with Crippen molar-refractivity contribution in [2.24, 2.45) is 5.73 Å². The first kappa shape index (κ1) is 19.8. The van der Waals surface area contributed by atoms with Crippen molar-refractivity contribution >= 4 is 11.4 Å². The SMILES string of the molecule is COc1cc(F)cc(-c2cncc(-c3ccc4c(c3)NNC4)c2N2CCC(N)CC2)c1. The van der Waals surface area contributed by atoms with E-state index in [1.807, 2.05) is 18.5 Å². The van der Waals surface area contributed by atoms with Crippen molar-refractivity contribution in [2.75, 3.05) is 30.5 Å². The summed E-state index contributed by atoms with van der Waals surface area (Å²) in [6.07, 6.45) is 5.55. The van der Waals surface area contributed by atoms with Crippen molar-refractivity contribution in [3.63, 3.8) is 0 Å². The first-order chi connectivity index (χ1) is 15.1. The average molecular weight is 420 g/mol. The molecule has 0 bridgehead atoms. The second kappa shape index (κ2) is 8.17. The Morgan fingerprint density at radius 1 is 1.06 bits per heavy atom. The zero-order valence-electron chi connectivity index (χ0n) is 17.5. The molecule has 0 spiro atoms. The van der Waals surface area contributed by atoms with Crippen LogP contribution in [0.1, 0.15) is 18.4 Å². The van der Waals surface area contributed by atoms with E-state index in [0.717, 1.165) is 66.1 Å². The summed E-state index contributed by atoms with van der Waals surface area (Å²) < 4.78 is 19.7. The fraction of sp³-hybridized carbons (Fsp3) is 0.292. The number of methoxy groups -OCH3 is 1. The number of hydrazine groups is 1. The van der Waals surface area contributed by atoms with Crippen LogP contribution in [0.4, 0.5) is 15.8 Å². The van der Waals surface area contributed by atoms with Gasteiger partial charge in [-0.2, -0.15) is 0 Å². The zero-order chi connectivity index (χ0) is 21.4. The van der Waals surface area contributed by atoms with Crippen molar-refractivity contribution in [3.8, 4) is 28.0 Å². The van der Waals surface area contributed by atoms with Crippen LogP contribution in [0.25, 0.3) is 22.3 Å². The van der Waals surface area contributed by atoms with Crippen molar-refractivity contribution < 1.29 is 9.13 Å². The Balaban J connectivity index is 1.68. The predicted molar refractivity (Wildman–Crippen MR) is 122 cm³/mol. The highest BCUT2D eigenvalue weighted by atomic mass is 19.1. The van der Waals surface area contributed by atoms with E-state index in [4.69, 9.17) is 10.5 Å². The fourth-order valence-corrected chi connectivity index (χ4v) is 4.43. The number of halogens is 1. The summed E-state index contributed by atoms with van der Waals surface area (Å²) >= 11 is 0. The van der Waals surface area contributed by atoms with Crippen LogP contribution in [-0.4, -0.2) is 31.2 Å². The van der Waals surface area contributed by atoms with Crippen molar-refractivity contribution in [2.45, 2.75) is 25.4 Å². The molecule has 5 rings (SSSR count). The molecular formula is C24H26FN5O. The Morgan fingerprint density at radius 2 is 1.84 bits per heavy atom. The van der Waals surface area contributed by atoms with Gasteiger partial charge in [0.05, 0.1) is 18.5 Å². The molecule has 160 valence electrons. The third-order valence-electron chi connectivity index (χ3n) is 6.11. The van der Waals surface area contributed by atoms with Crippen LogP contribution in [-0.2, 0) is 6.54 Å². The van der Waals surface area contributed by atoms with E-state index in [9.17, 15) is 4.39 Å². The summed E-state index contributed by atoms with van der Waals surface area (Å²) in [5, 5.41) is 0. The highest BCUT2D eigenvalue weighted by Crippen LogP contribution is 2.42. The van der Waals surface area contributed by atoms with Gasteiger partial charge in [0.25, 0.3) is 0 Å². The molecule has 0 unspecified atom stereocenters. The van der Waals surface area contributed by atoms with Gasteiger partial charge in [-0.1, -0.05) is 12.1 Å². The van der Waals surface area contributed by atoms with Gasteiger partial charge in [0.2, 0.25) is 0 Å². The van der Waals surface area contributed by atoms with E-state index in [0.29, 0.717) is 5.75 Å². The van der Waals surface area contributed by atoms with Crippen LogP contribution in [0.3, 0.4) is 0 Å². The largest absolute Gasteiger partial charge is 0.497 e. The smallest absolute Gasteiger partial charge is 0.127 e. The normalized spacial score (nSPS) is 16.2. The van der Waals surface area contributed by atoms with Crippen LogP contribution in [0.15, 0.2) is 48.8 Å². The Morgan fingerprint density at radius 3 is 2.61 bits per heavy atom. The molecule has 3 aromatic rings. The van der Waals surface area contributed by atoms with Gasteiger partial charge in [-0.25, -0.2) is 9.82 Å². The molecule has 0 amide bonds. The summed E-state index contributed by atoms with van der Waals surface area (Å²) in [5.74, 6) is 0.152. The van der Waals surface area contributed by atoms with E-state index in [-0.39, 0.29) is 11.9 Å². The first-order valence-electron chi connectivity index (χ1n) is 10.6. The monoisotopic (exact) mass is 419 g/mol. The van der Waals surface area contributed by atoms with E-state index in [1.54, 1.807) is 7.11 Å². The van der Waals surface area contributed by atoms with Crippen LogP contribution in [0.5, 0.6) is 5.75 Å². The lowest BCUT2D eigenvalue weighted by atomic mass is 9.94. The minimum absolute atomic E-state index is 0.217. The minimum Gasteiger partial charge on any atom is -0.497 e. The number of nitrogens with one attached hydrogen (secondary N) is 2.